The van der Waals surface area contributed by atoms with Crippen LogP contribution in [-0.2, 0) is 4.79 Å². The average Bonchev–Trinajstić information content (AvgIpc) is 2.74. The summed E-state index contributed by atoms with van der Waals surface area (Å²) in [5, 5.41) is 5.56. The molecule has 7 heteroatoms. The molecule has 1 saturated heterocycles. The molecule has 0 radical (unpaired) electrons. The maximum atomic E-state index is 12.5. The van der Waals surface area contributed by atoms with Gasteiger partial charge in [-0.25, -0.2) is 0 Å². The van der Waals surface area contributed by atoms with Gasteiger partial charge in [0, 0.05) is 17.8 Å². The first-order valence-corrected chi connectivity index (χ1v) is 11.4. The zero-order valence-electron chi connectivity index (χ0n) is 15.8. The predicted octanol–water partition coefficient (Wildman–Crippen LogP) is 4.32. The van der Waals surface area contributed by atoms with Gasteiger partial charge >= 0.3 is 0 Å². The molecule has 0 atom stereocenters. The SMILES string of the molecule is CCNC(=O)COc1ccc(NC(=O)c2ccc(C3SCCCS3)cc2)cc1. The molecule has 2 amide bonds. The van der Waals surface area contributed by atoms with Gasteiger partial charge in [-0.2, -0.15) is 0 Å². The molecule has 1 heterocycles. The molecule has 0 saturated carbocycles. The summed E-state index contributed by atoms with van der Waals surface area (Å²) < 4.78 is 5.88. The fourth-order valence-corrected chi connectivity index (χ4v) is 5.60. The third kappa shape index (κ3) is 5.94. The van der Waals surface area contributed by atoms with Crippen molar-refractivity contribution in [3.63, 3.8) is 0 Å². The van der Waals surface area contributed by atoms with Gasteiger partial charge in [-0.15, -0.1) is 23.5 Å². The standard InChI is InChI=1S/C21H24N2O3S2/c1-2-22-19(24)14-26-18-10-8-17(9-11-18)23-20(25)15-4-6-16(7-5-15)21-27-12-3-13-28-21/h4-11,21H,2-3,12-14H2,1H3,(H,22,24)(H,23,25). The molecule has 1 aliphatic heterocycles. The van der Waals surface area contributed by atoms with Crippen molar-refractivity contribution in [2.45, 2.75) is 17.9 Å². The number of thioether (sulfide) groups is 2. The number of anilines is 1. The second kappa shape index (κ2) is 10.4. The van der Waals surface area contributed by atoms with Gasteiger partial charge in [0.1, 0.15) is 5.75 Å². The lowest BCUT2D eigenvalue weighted by Crippen LogP contribution is -2.28. The molecule has 0 unspecified atom stereocenters. The number of carbonyl (C=O) groups is 2. The van der Waals surface area contributed by atoms with E-state index < -0.39 is 0 Å². The minimum atomic E-state index is -0.159. The fraction of sp³-hybridized carbons (Fsp3) is 0.333. The summed E-state index contributed by atoms with van der Waals surface area (Å²) in [6.45, 7) is 2.41. The molecule has 3 rings (SSSR count). The Labute approximate surface area is 174 Å². The van der Waals surface area contributed by atoms with Crippen LogP contribution in [0.5, 0.6) is 5.75 Å². The van der Waals surface area contributed by atoms with Crippen molar-refractivity contribution in [2.75, 3.05) is 30.0 Å². The topological polar surface area (TPSA) is 67.4 Å². The van der Waals surface area contributed by atoms with Crippen molar-refractivity contribution in [1.29, 1.82) is 0 Å². The molecule has 0 spiro atoms. The Bertz CT molecular complexity index is 788. The lowest BCUT2D eigenvalue weighted by Gasteiger charge is -2.21. The first kappa shape index (κ1) is 20.6. The maximum Gasteiger partial charge on any atom is 0.257 e. The second-order valence-electron chi connectivity index (χ2n) is 6.27. The highest BCUT2D eigenvalue weighted by molar-refractivity contribution is 8.16. The monoisotopic (exact) mass is 416 g/mol. The summed E-state index contributed by atoms with van der Waals surface area (Å²) in [4.78, 5) is 23.9. The molecule has 0 aromatic heterocycles. The van der Waals surface area contributed by atoms with Gasteiger partial charge in [0.05, 0.1) is 4.58 Å². The van der Waals surface area contributed by atoms with Crippen LogP contribution in [-0.4, -0.2) is 36.5 Å². The van der Waals surface area contributed by atoms with Gasteiger partial charge in [0.25, 0.3) is 11.8 Å². The number of hydrogen-bond acceptors (Lipinski definition) is 5. The van der Waals surface area contributed by atoms with Crippen molar-refractivity contribution in [3.05, 3.63) is 59.7 Å². The molecule has 2 aromatic rings. The van der Waals surface area contributed by atoms with Crippen molar-refractivity contribution in [3.8, 4) is 5.75 Å². The number of rotatable bonds is 7. The van der Waals surface area contributed by atoms with Gasteiger partial charge in [0.15, 0.2) is 6.61 Å². The number of likely N-dealkylation sites (N-methyl/N-ethyl adjacent to an activating group) is 1. The summed E-state index contributed by atoms with van der Waals surface area (Å²) in [5.41, 5.74) is 2.57. The quantitative estimate of drug-likeness (QED) is 0.703. The summed E-state index contributed by atoms with van der Waals surface area (Å²) in [6, 6.07) is 14.8. The van der Waals surface area contributed by atoms with E-state index in [1.54, 1.807) is 24.3 Å². The van der Waals surface area contributed by atoms with Gasteiger partial charge < -0.3 is 15.4 Å². The molecule has 2 N–H and O–H groups in total. The number of carbonyl (C=O) groups excluding carboxylic acids is 2. The molecule has 1 fully saturated rings. The van der Waals surface area contributed by atoms with Crippen LogP contribution >= 0.6 is 23.5 Å². The van der Waals surface area contributed by atoms with Gasteiger partial charge in [-0.05, 0) is 66.8 Å². The zero-order valence-corrected chi connectivity index (χ0v) is 17.4. The van der Waals surface area contributed by atoms with E-state index in [4.69, 9.17) is 4.74 Å². The molecule has 5 nitrogen and oxygen atoms in total. The van der Waals surface area contributed by atoms with E-state index in [0.29, 0.717) is 28.1 Å². The first-order valence-electron chi connectivity index (χ1n) is 9.30. The van der Waals surface area contributed by atoms with E-state index in [0.717, 1.165) is 0 Å². The number of hydrogen-bond donors (Lipinski definition) is 2. The van der Waals surface area contributed by atoms with Gasteiger partial charge in [-0.3, -0.25) is 9.59 Å². The maximum absolute atomic E-state index is 12.5. The minimum absolute atomic E-state index is 0.0243. The van der Waals surface area contributed by atoms with E-state index >= 15 is 0 Å². The largest absolute Gasteiger partial charge is 0.484 e. The van der Waals surface area contributed by atoms with Crippen LogP contribution in [0.4, 0.5) is 5.69 Å². The number of nitrogens with one attached hydrogen (secondary N) is 2. The van der Waals surface area contributed by atoms with Crippen LogP contribution in [0.1, 0.15) is 33.8 Å². The van der Waals surface area contributed by atoms with Crippen molar-refractivity contribution >= 4 is 41.0 Å². The van der Waals surface area contributed by atoms with E-state index in [1.807, 2.05) is 54.7 Å². The molecule has 0 aliphatic carbocycles. The Hall–Kier alpha value is -2.12. The number of benzene rings is 2. The Morgan fingerprint density at radius 2 is 1.71 bits per heavy atom. The molecule has 1 aliphatic rings. The van der Waals surface area contributed by atoms with Crippen molar-refractivity contribution in [1.82, 2.24) is 5.32 Å². The molecule has 2 aromatic carbocycles. The third-order valence-corrected chi connectivity index (χ3v) is 7.14. The zero-order chi connectivity index (χ0) is 19.8. The fourth-order valence-electron chi connectivity index (χ4n) is 2.71. The molecule has 0 bridgehead atoms. The smallest absolute Gasteiger partial charge is 0.257 e. The Kier molecular flexibility index (Phi) is 7.68. The van der Waals surface area contributed by atoms with Crippen molar-refractivity contribution < 1.29 is 14.3 Å². The predicted molar refractivity (Wildman–Crippen MR) is 117 cm³/mol. The highest BCUT2D eigenvalue weighted by Gasteiger charge is 2.17. The lowest BCUT2D eigenvalue weighted by atomic mass is 10.1. The first-order chi connectivity index (χ1) is 13.7. The minimum Gasteiger partial charge on any atom is -0.484 e. The van der Waals surface area contributed by atoms with Gasteiger partial charge in [0.2, 0.25) is 0 Å². The van der Waals surface area contributed by atoms with E-state index in [1.165, 1.54) is 23.5 Å². The average molecular weight is 417 g/mol. The van der Waals surface area contributed by atoms with Crippen LogP contribution < -0.4 is 15.4 Å². The number of amides is 2. The Morgan fingerprint density at radius 3 is 2.36 bits per heavy atom. The van der Waals surface area contributed by atoms with Crippen LogP contribution in [0.15, 0.2) is 48.5 Å². The highest BCUT2D eigenvalue weighted by Crippen LogP contribution is 2.43. The summed E-state index contributed by atoms with van der Waals surface area (Å²) in [7, 11) is 0. The summed E-state index contributed by atoms with van der Waals surface area (Å²) in [6.07, 6.45) is 1.27. The normalized spacial score (nSPS) is 14.3. The Morgan fingerprint density at radius 1 is 1.04 bits per heavy atom. The van der Waals surface area contributed by atoms with Crippen LogP contribution in [0.2, 0.25) is 0 Å². The third-order valence-electron chi connectivity index (χ3n) is 4.13. The van der Waals surface area contributed by atoms with E-state index in [2.05, 4.69) is 10.6 Å². The summed E-state index contributed by atoms with van der Waals surface area (Å²) >= 11 is 3.94. The van der Waals surface area contributed by atoms with Crippen molar-refractivity contribution in [2.24, 2.45) is 0 Å². The van der Waals surface area contributed by atoms with E-state index in [-0.39, 0.29) is 18.4 Å². The lowest BCUT2D eigenvalue weighted by molar-refractivity contribution is -0.122. The van der Waals surface area contributed by atoms with Gasteiger partial charge in [-0.1, -0.05) is 12.1 Å². The van der Waals surface area contributed by atoms with E-state index in [9.17, 15) is 9.59 Å². The highest BCUT2D eigenvalue weighted by atomic mass is 32.2. The molecule has 148 valence electrons. The van der Waals surface area contributed by atoms with Crippen LogP contribution in [0.3, 0.4) is 0 Å². The summed E-state index contributed by atoms with van der Waals surface area (Å²) in [5.74, 6) is 2.67. The number of ether oxygens (including phenoxy) is 1. The second-order valence-corrected chi connectivity index (χ2v) is 8.99. The molecule has 28 heavy (non-hydrogen) atoms. The Balaban J connectivity index is 1.53. The molecular formula is C21H24N2O3S2. The van der Waals surface area contributed by atoms with Crippen LogP contribution in [0, 0.1) is 0 Å². The van der Waals surface area contributed by atoms with Crippen LogP contribution in [0.25, 0.3) is 0 Å². The molecular weight excluding hydrogens is 392 g/mol.